The summed E-state index contributed by atoms with van der Waals surface area (Å²) < 4.78 is 5.88. The summed E-state index contributed by atoms with van der Waals surface area (Å²) in [7, 11) is 1.87. The first-order valence-corrected chi connectivity index (χ1v) is 7.52. The Labute approximate surface area is 124 Å². The van der Waals surface area contributed by atoms with Gasteiger partial charge in [-0.15, -0.1) is 11.3 Å². The van der Waals surface area contributed by atoms with Crippen LogP contribution in [0.3, 0.4) is 0 Å². The molecule has 5 heteroatoms. The second kappa shape index (κ2) is 5.79. The van der Waals surface area contributed by atoms with Crippen molar-refractivity contribution >= 4 is 17.2 Å². The maximum absolute atomic E-state index is 5.88. The van der Waals surface area contributed by atoms with Crippen molar-refractivity contribution in [2.75, 3.05) is 12.4 Å². The van der Waals surface area contributed by atoms with Crippen molar-refractivity contribution in [1.82, 2.24) is 9.97 Å². The van der Waals surface area contributed by atoms with E-state index in [-0.39, 0.29) is 5.41 Å². The molecule has 0 spiro atoms. The first kappa shape index (κ1) is 14.8. The standard InChI is InChI=1S/C15H21N3OS/c1-10-12(16-5)17-14(15(2,3)4)18-13(10)19-9-11-7-6-8-20-11/h6-8H,9H2,1-5H3,(H,16,17,18). The molecule has 4 nitrogen and oxygen atoms in total. The molecule has 0 bridgehead atoms. The number of rotatable bonds is 4. The quantitative estimate of drug-likeness (QED) is 0.931. The van der Waals surface area contributed by atoms with Gasteiger partial charge in [-0.25, -0.2) is 4.98 Å². The van der Waals surface area contributed by atoms with Gasteiger partial charge in [0, 0.05) is 17.3 Å². The molecular weight excluding hydrogens is 270 g/mol. The van der Waals surface area contributed by atoms with Crippen LogP contribution in [0.4, 0.5) is 5.82 Å². The predicted molar refractivity (Wildman–Crippen MR) is 83.7 cm³/mol. The lowest BCUT2D eigenvalue weighted by Crippen LogP contribution is -2.18. The second-order valence-corrected chi connectivity index (χ2v) is 6.73. The highest BCUT2D eigenvalue weighted by Gasteiger charge is 2.21. The molecule has 0 fully saturated rings. The minimum Gasteiger partial charge on any atom is -0.472 e. The summed E-state index contributed by atoms with van der Waals surface area (Å²) in [6, 6.07) is 4.08. The number of nitrogens with one attached hydrogen (secondary N) is 1. The van der Waals surface area contributed by atoms with E-state index < -0.39 is 0 Å². The molecule has 108 valence electrons. The van der Waals surface area contributed by atoms with Crippen LogP contribution < -0.4 is 10.1 Å². The zero-order chi connectivity index (χ0) is 14.8. The number of hydrogen-bond acceptors (Lipinski definition) is 5. The molecule has 0 amide bonds. The highest BCUT2D eigenvalue weighted by Crippen LogP contribution is 2.28. The summed E-state index contributed by atoms with van der Waals surface area (Å²) in [6.45, 7) is 8.81. The van der Waals surface area contributed by atoms with Crippen LogP contribution in [0.5, 0.6) is 5.88 Å². The first-order chi connectivity index (χ1) is 9.41. The number of thiophene rings is 1. The fraction of sp³-hybridized carbons (Fsp3) is 0.467. The van der Waals surface area contributed by atoms with Crippen LogP contribution >= 0.6 is 11.3 Å². The van der Waals surface area contributed by atoms with Crippen LogP contribution in [0.2, 0.25) is 0 Å². The highest BCUT2D eigenvalue weighted by molar-refractivity contribution is 7.09. The van der Waals surface area contributed by atoms with Gasteiger partial charge >= 0.3 is 0 Å². The average Bonchev–Trinajstić information content (AvgIpc) is 2.89. The number of aromatic nitrogens is 2. The van der Waals surface area contributed by atoms with Gasteiger partial charge in [-0.2, -0.15) is 4.98 Å². The number of nitrogens with zero attached hydrogens (tertiary/aromatic N) is 2. The fourth-order valence-corrected chi connectivity index (χ4v) is 2.37. The summed E-state index contributed by atoms with van der Waals surface area (Å²) >= 11 is 1.68. The monoisotopic (exact) mass is 291 g/mol. The van der Waals surface area contributed by atoms with Crippen LogP contribution in [0.25, 0.3) is 0 Å². The smallest absolute Gasteiger partial charge is 0.222 e. The predicted octanol–water partition coefficient (Wildman–Crippen LogP) is 3.76. The largest absolute Gasteiger partial charge is 0.472 e. The van der Waals surface area contributed by atoms with Crippen LogP contribution in [-0.4, -0.2) is 17.0 Å². The summed E-state index contributed by atoms with van der Waals surface area (Å²) in [5.74, 6) is 2.27. The van der Waals surface area contributed by atoms with E-state index >= 15 is 0 Å². The zero-order valence-electron chi connectivity index (χ0n) is 12.7. The van der Waals surface area contributed by atoms with Gasteiger partial charge in [-0.1, -0.05) is 26.8 Å². The van der Waals surface area contributed by atoms with Crippen molar-refractivity contribution in [2.24, 2.45) is 0 Å². The van der Waals surface area contributed by atoms with Crippen molar-refractivity contribution in [2.45, 2.75) is 39.7 Å². The molecule has 2 aromatic heterocycles. The molecule has 0 saturated carbocycles. The molecule has 2 heterocycles. The summed E-state index contributed by atoms with van der Waals surface area (Å²) in [6.07, 6.45) is 0. The SMILES string of the molecule is CNc1nc(C(C)(C)C)nc(OCc2cccs2)c1C. The molecular formula is C15H21N3OS. The van der Waals surface area contributed by atoms with Crippen LogP contribution in [-0.2, 0) is 12.0 Å². The molecule has 20 heavy (non-hydrogen) atoms. The number of hydrogen-bond donors (Lipinski definition) is 1. The lowest BCUT2D eigenvalue weighted by atomic mass is 9.95. The van der Waals surface area contributed by atoms with E-state index in [9.17, 15) is 0 Å². The van der Waals surface area contributed by atoms with Gasteiger partial charge in [0.1, 0.15) is 18.2 Å². The number of anilines is 1. The Morgan fingerprint density at radius 2 is 2.05 bits per heavy atom. The fourth-order valence-electron chi connectivity index (χ4n) is 1.75. The van der Waals surface area contributed by atoms with Gasteiger partial charge in [0.25, 0.3) is 0 Å². The van der Waals surface area contributed by atoms with E-state index in [2.05, 4.69) is 42.1 Å². The maximum Gasteiger partial charge on any atom is 0.222 e. The summed E-state index contributed by atoms with van der Waals surface area (Å²) in [5.41, 5.74) is 0.831. The molecule has 0 unspecified atom stereocenters. The lowest BCUT2D eigenvalue weighted by molar-refractivity contribution is 0.291. The van der Waals surface area contributed by atoms with Gasteiger partial charge in [0.15, 0.2) is 0 Å². The molecule has 0 saturated heterocycles. The Balaban J connectivity index is 2.30. The third-order valence-electron chi connectivity index (χ3n) is 2.94. The molecule has 1 N–H and O–H groups in total. The normalized spacial score (nSPS) is 11.4. The van der Waals surface area contributed by atoms with Crippen molar-refractivity contribution < 1.29 is 4.74 Å². The van der Waals surface area contributed by atoms with Gasteiger partial charge in [0.2, 0.25) is 5.88 Å². The Morgan fingerprint density at radius 3 is 2.60 bits per heavy atom. The molecule has 0 aromatic carbocycles. The van der Waals surface area contributed by atoms with Gasteiger partial charge < -0.3 is 10.1 Å². The summed E-state index contributed by atoms with van der Waals surface area (Å²) in [5, 5.41) is 5.16. The highest BCUT2D eigenvalue weighted by atomic mass is 32.1. The molecule has 2 rings (SSSR count). The van der Waals surface area contributed by atoms with E-state index in [4.69, 9.17) is 4.74 Å². The summed E-state index contributed by atoms with van der Waals surface area (Å²) in [4.78, 5) is 10.3. The van der Waals surface area contributed by atoms with Crippen molar-refractivity contribution in [3.05, 3.63) is 33.8 Å². The molecule has 0 aliphatic rings. The Bertz CT molecular complexity index is 574. The van der Waals surface area contributed by atoms with E-state index in [1.165, 1.54) is 4.88 Å². The van der Waals surface area contributed by atoms with Crippen LogP contribution in [0.15, 0.2) is 17.5 Å². The van der Waals surface area contributed by atoms with Crippen LogP contribution in [0.1, 0.15) is 37.0 Å². The zero-order valence-corrected chi connectivity index (χ0v) is 13.5. The van der Waals surface area contributed by atoms with Crippen molar-refractivity contribution in [1.29, 1.82) is 0 Å². The molecule has 0 aliphatic carbocycles. The molecule has 0 aliphatic heterocycles. The van der Waals surface area contributed by atoms with Gasteiger partial charge in [-0.3, -0.25) is 0 Å². The van der Waals surface area contributed by atoms with E-state index in [1.807, 2.05) is 25.4 Å². The molecule has 0 atom stereocenters. The van der Waals surface area contributed by atoms with Crippen molar-refractivity contribution in [3.8, 4) is 5.88 Å². The average molecular weight is 291 g/mol. The van der Waals surface area contributed by atoms with E-state index in [0.29, 0.717) is 12.5 Å². The Kier molecular flexibility index (Phi) is 4.28. The molecule has 2 aromatic rings. The van der Waals surface area contributed by atoms with E-state index in [1.54, 1.807) is 11.3 Å². The first-order valence-electron chi connectivity index (χ1n) is 6.64. The van der Waals surface area contributed by atoms with Crippen LogP contribution in [0, 0.1) is 6.92 Å². The van der Waals surface area contributed by atoms with Gasteiger partial charge in [-0.05, 0) is 18.4 Å². The second-order valence-electron chi connectivity index (χ2n) is 5.69. The third kappa shape index (κ3) is 3.28. The minimum absolute atomic E-state index is 0.111. The molecule has 0 radical (unpaired) electrons. The third-order valence-corrected chi connectivity index (χ3v) is 3.79. The number of ether oxygens (including phenoxy) is 1. The maximum atomic E-state index is 5.88. The van der Waals surface area contributed by atoms with E-state index in [0.717, 1.165) is 17.2 Å². The Hall–Kier alpha value is -1.62. The van der Waals surface area contributed by atoms with Crippen molar-refractivity contribution in [3.63, 3.8) is 0 Å². The van der Waals surface area contributed by atoms with Gasteiger partial charge in [0.05, 0.1) is 5.56 Å². The minimum atomic E-state index is -0.111. The topological polar surface area (TPSA) is 47.0 Å². The Morgan fingerprint density at radius 1 is 1.30 bits per heavy atom. The lowest BCUT2D eigenvalue weighted by Gasteiger charge is -2.20.